The molecule has 2 nitrogen and oxygen atoms in total. The lowest BCUT2D eigenvalue weighted by molar-refractivity contribution is 0.251. The molecule has 0 amide bonds. The standard InChI is InChI=1S/C16H25NO/c1-11(2)16(7-4-8-17-16)10-13-5-6-15(18-13)14-9-12(14)3/h5-6,11-12,14,17H,4,7-10H2,1-3H3. The van der Waals surface area contributed by atoms with Crippen LogP contribution in [0.2, 0.25) is 0 Å². The van der Waals surface area contributed by atoms with Crippen LogP contribution in [-0.2, 0) is 6.42 Å². The Morgan fingerprint density at radius 2 is 2.22 bits per heavy atom. The molecule has 18 heavy (non-hydrogen) atoms. The topological polar surface area (TPSA) is 25.2 Å². The van der Waals surface area contributed by atoms with Crippen molar-refractivity contribution >= 4 is 0 Å². The number of rotatable bonds is 4. The van der Waals surface area contributed by atoms with E-state index >= 15 is 0 Å². The molecule has 2 heterocycles. The molecule has 2 fully saturated rings. The molecule has 1 saturated carbocycles. The summed E-state index contributed by atoms with van der Waals surface area (Å²) < 4.78 is 6.08. The Kier molecular flexibility index (Phi) is 3.01. The van der Waals surface area contributed by atoms with Gasteiger partial charge < -0.3 is 9.73 Å². The predicted octanol–water partition coefficient (Wildman–Crippen LogP) is 3.72. The van der Waals surface area contributed by atoms with Gasteiger partial charge in [0.2, 0.25) is 0 Å². The number of nitrogens with one attached hydrogen (secondary N) is 1. The van der Waals surface area contributed by atoms with Crippen molar-refractivity contribution in [1.82, 2.24) is 5.32 Å². The van der Waals surface area contributed by atoms with Crippen LogP contribution in [0.25, 0.3) is 0 Å². The smallest absolute Gasteiger partial charge is 0.107 e. The summed E-state index contributed by atoms with van der Waals surface area (Å²) in [6, 6.07) is 4.40. The summed E-state index contributed by atoms with van der Waals surface area (Å²) in [6.45, 7) is 8.11. The van der Waals surface area contributed by atoms with E-state index in [1.54, 1.807) is 0 Å². The van der Waals surface area contributed by atoms with Crippen molar-refractivity contribution in [3.8, 4) is 0 Å². The molecule has 100 valence electrons. The van der Waals surface area contributed by atoms with Crippen LogP contribution in [0.5, 0.6) is 0 Å². The molecule has 1 saturated heterocycles. The Morgan fingerprint density at radius 3 is 2.78 bits per heavy atom. The summed E-state index contributed by atoms with van der Waals surface area (Å²) in [5, 5.41) is 3.72. The number of hydrogen-bond acceptors (Lipinski definition) is 2. The third-order valence-electron chi connectivity index (χ3n) is 5.03. The molecule has 1 N–H and O–H groups in total. The fourth-order valence-corrected chi connectivity index (χ4v) is 3.40. The van der Waals surface area contributed by atoms with Crippen LogP contribution in [-0.4, -0.2) is 12.1 Å². The fourth-order valence-electron chi connectivity index (χ4n) is 3.40. The van der Waals surface area contributed by atoms with Crippen molar-refractivity contribution in [3.05, 3.63) is 23.7 Å². The zero-order valence-electron chi connectivity index (χ0n) is 11.8. The summed E-state index contributed by atoms with van der Waals surface area (Å²) in [5.74, 6) is 4.58. The maximum atomic E-state index is 6.08. The van der Waals surface area contributed by atoms with Crippen LogP contribution in [0.3, 0.4) is 0 Å². The van der Waals surface area contributed by atoms with Crippen molar-refractivity contribution in [3.63, 3.8) is 0 Å². The lowest BCUT2D eigenvalue weighted by atomic mass is 9.81. The second kappa shape index (κ2) is 4.41. The van der Waals surface area contributed by atoms with Crippen molar-refractivity contribution < 1.29 is 4.42 Å². The maximum absolute atomic E-state index is 6.08. The Bertz CT molecular complexity index is 414. The zero-order chi connectivity index (χ0) is 12.8. The van der Waals surface area contributed by atoms with Gasteiger partial charge in [-0.15, -0.1) is 0 Å². The van der Waals surface area contributed by atoms with E-state index in [2.05, 4.69) is 38.2 Å². The minimum atomic E-state index is 0.268. The highest BCUT2D eigenvalue weighted by molar-refractivity contribution is 5.19. The van der Waals surface area contributed by atoms with Gasteiger partial charge in [-0.2, -0.15) is 0 Å². The van der Waals surface area contributed by atoms with Crippen LogP contribution in [0.1, 0.15) is 57.5 Å². The van der Waals surface area contributed by atoms with Gasteiger partial charge in [0.05, 0.1) is 0 Å². The van der Waals surface area contributed by atoms with E-state index in [1.165, 1.54) is 30.8 Å². The first-order chi connectivity index (χ1) is 8.61. The first-order valence-electron chi connectivity index (χ1n) is 7.44. The van der Waals surface area contributed by atoms with Crippen LogP contribution in [0.15, 0.2) is 16.5 Å². The summed E-state index contributed by atoms with van der Waals surface area (Å²) in [7, 11) is 0. The Labute approximate surface area is 110 Å². The highest BCUT2D eigenvalue weighted by atomic mass is 16.3. The molecule has 2 heteroatoms. The molecular weight excluding hydrogens is 222 g/mol. The SMILES string of the molecule is CC1CC1c1ccc(CC2(C(C)C)CCCN2)o1. The summed E-state index contributed by atoms with van der Waals surface area (Å²) in [6.07, 6.45) is 4.93. The van der Waals surface area contributed by atoms with E-state index in [0.717, 1.165) is 18.9 Å². The first kappa shape index (κ1) is 12.3. The third-order valence-corrected chi connectivity index (χ3v) is 5.03. The molecule has 1 aliphatic carbocycles. The second-order valence-corrected chi connectivity index (χ2v) is 6.64. The Balaban J connectivity index is 1.73. The molecule has 0 spiro atoms. The molecule has 1 aliphatic heterocycles. The van der Waals surface area contributed by atoms with Gasteiger partial charge in [-0.05, 0) is 49.8 Å². The molecule has 0 aromatic carbocycles. The van der Waals surface area contributed by atoms with Crippen LogP contribution in [0.4, 0.5) is 0 Å². The van der Waals surface area contributed by atoms with Crippen molar-refractivity contribution in [2.24, 2.45) is 11.8 Å². The van der Waals surface area contributed by atoms with Gasteiger partial charge in [-0.3, -0.25) is 0 Å². The lowest BCUT2D eigenvalue weighted by Gasteiger charge is -2.33. The van der Waals surface area contributed by atoms with Crippen LogP contribution < -0.4 is 5.32 Å². The Morgan fingerprint density at radius 1 is 1.44 bits per heavy atom. The number of hydrogen-bond donors (Lipinski definition) is 1. The molecule has 3 atom stereocenters. The largest absolute Gasteiger partial charge is 0.466 e. The first-order valence-corrected chi connectivity index (χ1v) is 7.44. The normalized spacial score (nSPS) is 35.3. The Hall–Kier alpha value is -0.760. The summed E-state index contributed by atoms with van der Waals surface area (Å²) in [5.41, 5.74) is 0.268. The molecule has 1 aromatic rings. The number of furan rings is 1. The van der Waals surface area contributed by atoms with Crippen molar-refractivity contribution in [2.45, 2.75) is 57.9 Å². The molecule has 3 unspecified atom stereocenters. The van der Waals surface area contributed by atoms with E-state index in [-0.39, 0.29) is 5.54 Å². The van der Waals surface area contributed by atoms with Gasteiger partial charge in [-0.1, -0.05) is 20.8 Å². The molecule has 0 radical (unpaired) electrons. The van der Waals surface area contributed by atoms with E-state index < -0.39 is 0 Å². The fraction of sp³-hybridized carbons (Fsp3) is 0.750. The van der Waals surface area contributed by atoms with E-state index in [4.69, 9.17) is 4.42 Å². The zero-order valence-corrected chi connectivity index (χ0v) is 11.8. The second-order valence-electron chi connectivity index (χ2n) is 6.64. The summed E-state index contributed by atoms with van der Waals surface area (Å²) in [4.78, 5) is 0. The van der Waals surface area contributed by atoms with E-state index in [1.807, 2.05) is 0 Å². The van der Waals surface area contributed by atoms with Crippen molar-refractivity contribution in [2.75, 3.05) is 6.54 Å². The monoisotopic (exact) mass is 247 g/mol. The van der Waals surface area contributed by atoms with E-state index in [9.17, 15) is 0 Å². The predicted molar refractivity (Wildman–Crippen MR) is 73.7 cm³/mol. The van der Waals surface area contributed by atoms with Crippen LogP contribution in [0, 0.1) is 11.8 Å². The average molecular weight is 247 g/mol. The van der Waals surface area contributed by atoms with Crippen molar-refractivity contribution in [1.29, 1.82) is 0 Å². The average Bonchev–Trinajstić information content (AvgIpc) is 2.80. The minimum absolute atomic E-state index is 0.268. The molecule has 0 bridgehead atoms. The molecular formula is C16H25NO. The highest BCUT2D eigenvalue weighted by Crippen LogP contribution is 2.47. The van der Waals surface area contributed by atoms with Gasteiger partial charge in [0.15, 0.2) is 0 Å². The van der Waals surface area contributed by atoms with E-state index in [0.29, 0.717) is 11.8 Å². The van der Waals surface area contributed by atoms with Gasteiger partial charge in [0, 0.05) is 17.9 Å². The molecule has 2 aliphatic rings. The maximum Gasteiger partial charge on any atom is 0.107 e. The highest BCUT2D eigenvalue weighted by Gasteiger charge is 2.39. The molecule has 1 aromatic heterocycles. The quantitative estimate of drug-likeness (QED) is 0.877. The third kappa shape index (κ3) is 2.11. The van der Waals surface area contributed by atoms with Crippen LogP contribution >= 0.6 is 0 Å². The molecule has 3 rings (SSSR count). The minimum Gasteiger partial charge on any atom is -0.466 e. The summed E-state index contributed by atoms with van der Waals surface area (Å²) >= 11 is 0. The lowest BCUT2D eigenvalue weighted by Crippen LogP contribution is -2.46. The van der Waals surface area contributed by atoms with Gasteiger partial charge in [0.25, 0.3) is 0 Å². The van der Waals surface area contributed by atoms with Gasteiger partial charge >= 0.3 is 0 Å². The van der Waals surface area contributed by atoms with Gasteiger partial charge in [0.1, 0.15) is 11.5 Å². The van der Waals surface area contributed by atoms with Gasteiger partial charge in [-0.25, -0.2) is 0 Å².